The average Bonchev–Trinajstić information content (AvgIpc) is 3.55. The zero-order valence-electron chi connectivity index (χ0n) is 18.8. The van der Waals surface area contributed by atoms with Crippen LogP contribution < -0.4 is 5.32 Å². The highest BCUT2D eigenvalue weighted by Crippen LogP contribution is 2.33. The molecule has 11 heteroatoms. The molecule has 0 aliphatic carbocycles. The minimum atomic E-state index is -3.77. The molecule has 34 heavy (non-hydrogen) atoms. The maximum atomic E-state index is 13.5. The molecule has 1 atom stereocenters. The second kappa shape index (κ2) is 9.84. The molecule has 1 unspecified atom stereocenters. The van der Waals surface area contributed by atoms with Gasteiger partial charge in [-0.1, -0.05) is 0 Å². The molecule has 1 aromatic heterocycles. The van der Waals surface area contributed by atoms with Crippen LogP contribution in [0.3, 0.4) is 0 Å². The van der Waals surface area contributed by atoms with Crippen LogP contribution in [0, 0.1) is 18.3 Å². The summed E-state index contributed by atoms with van der Waals surface area (Å²) in [5.74, 6) is -1.88. The van der Waals surface area contributed by atoms with Crippen molar-refractivity contribution in [2.24, 2.45) is 0 Å². The Hall–Kier alpha value is -2.78. The number of likely N-dealkylation sites (tertiary alicyclic amines) is 1. The van der Waals surface area contributed by atoms with Gasteiger partial charge in [0.1, 0.15) is 0 Å². The lowest BCUT2D eigenvalue weighted by atomic mass is 10.1. The minimum absolute atomic E-state index is 0.0391. The molecule has 2 aliphatic heterocycles. The van der Waals surface area contributed by atoms with Crippen molar-refractivity contribution in [1.29, 1.82) is 5.26 Å². The number of carbonyl (C=O) groups is 2. The SMILES string of the molecule is Cc1sc(C(=O)Nc2ccc(C#N)cc2C(=O)O)cc1S(=O)(=O)N1CCCC1CN1CCCC1. The van der Waals surface area contributed by atoms with Crippen LogP contribution in [0.15, 0.2) is 29.2 Å². The maximum absolute atomic E-state index is 13.5. The molecule has 1 amide bonds. The van der Waals surface area contributed by atoms with E-state index in [2.05, 4.69) is 10.2 Å². The number of rotatable bonds is 7. The van der Waals surface area contributed by atoms with E-state index in [9.17, 15) is 23.1 Å². The van der Waals surface area contributed by atoms with Gasteiger partial charge in [0, 0.05) is 24.0 Å². The summed E-state index contributed by atoms with van der Waals surface area (Å²) in [6.07, 6.45) is 3.92. The van der Waals surface area contributed by atoms with Crippen LogP contribution in [-0.4, -0.2) is 66.8 Å². The smallest absolute Gasteiger partial charge is 0.337 e. The molecule has 0 spiro atoms. The molecule has 0 radical (unpaired) electrons. The van der Waals surface area contributed by atoms with E-state index in [1.54, 1.807) is 11.2 Å². The van der Waals surface area contributed by atoms with Gasteiger partial charge in [0.25, 0.3) is 5.91 Å². The normalized spacial score (nSPS) is 19.2. The molecule has 0 bridgehead atoms. The van der Waals surface area contributed by atoms with Gasteiger partial charge in [-0.2, -0.15) is 9.57 Å². The first-order valence-corrected chi connectivity index (χ1v) is 13.4. The van der Waals surface area contributed by atoms with Crippen LogP contribution >= 0.6 is 11.3 Å². The molecule has 3 heterocycles. The summed E-state index contributed by atoms with van der Waals surface area (Å²) in [5, 5.41) is 21.0. The standard InChI is InChI=1S/C23H26N4O5S2/c1-15-21(34(31,32)27-10-4-5-17(27)14-26-8-2-3-9-26)12-20(33-15)22(28)25-19-7-6-16(13-24)11-18(19)23(29)30/h6-7,11-12,17H,2-5,8-10,14H2,1H3,(H,25,28)(H,29,30). The zero-order chi connectivity index (χ0) is 24.5. The Morgan fingerprint density at radius 2 is 1.94 bits per heavy atom. The van der Waals surface area contributed by atoms with Crippen molar-refractivity contribution in [3.8, 4) is 6.07 Å². The first kappa shape index (κ1) is 24.3. The van der Waals surface area contributed by atoms with Gasteiger partial charge < -0.3 is 15.3 Å². The molecule has 2 N–H and O–H groups in total. The van der Waals surface area contributed by atoms with Crippen molar-refractivity contribution in [2.75, 3.05) is 31.5 Å². The Balaban J connectivity index is 1.55. The van der Waals surface area contributed by atoms with Crippen molar-refractivity contribution in [3.63, 3.8) is 0 Å². The number of carboxylic acids is 1. The van der Waals surface area contributed by atoms with E-state index < -0.39 is 21.9 Å². The topological polar surface area (TPSA) is 131 Å². The van der Waals surface area contributed by atoms with E-state index in [0.717, 1.165) is 56.7 Å². The lowest BCUT2D eigenvalue weighted by Crippen LogP contribution is -2.42. The number of aromatic carboxylic acids is 1. The van der Waals surface area contributed by atoms with E-state index in [4.69, 9.17) is 5.26 Å². The first-order valence-electron chi connectivity index (χ1n) is 11.1. The molecule has 4 rings (SSSR count). The molecule has 1 aromatic carbocycles. The highest BCUT2D eigenvalue weighted by molar-refractivity contribution is 7.89. The Bertz CT molecular complexity index is 1260. The van der Waals surface area contributed by atoms with Crippen LogP contribution in [0.1, 0.15) is 56.2 Å². The fourth-order valence-corrected chi connectivity index (χ4v) is 7.76. The summed E-state index contributed by atoms with van der Waals surface area (Å²) >= 11 is 1.06. The summed E-state index contributed by atoms with van der Waals surface area (Å²) in [5.41, 5.74) is -0.0163. The number of amides is 1. The Labute approximate surface area is 202 Å². The summed E-state index contributed by atoms with van der Waals surface area (Å²) in [6, 6.07) is 7.11. The first-order chi connectivity index (χ1) is 16.2. The number of sulfonamides is 1. The number of thiophene rings is 1. The average molecular weight is 503 g/mol. The highest BCUT2D eigenvalue weighted by atomic mass is 32.2. The van der Waals surface area contributed by atoms with Crippen LogP contribution in [0.2, 0.25) is 0 Å². The largest absolute Gasteiger partial charge is 0.478 e. The number of hydrogen-bond acceptors (Lipinski definition) is 7. The van der Waals surface area contributed by atoms with Gasteiger partial charge in [0.2, 0.25) is 10.0 Å². The fraction of sp³-hybridized carbons (Fsp3) is 0.435. The van der Waals surface area contributed by atoms with Crippen molar-refractivity contribution in [1.82, 2.24) is 9.21 Å². The van der Waals surface area contributed by atoms with E-state index in [1.165, 1.54) is 24.3 Å². The fourth-order valence-electron chi connectivity index (χ4n) is 4.61. The van der Waals surface area contributed by atoms with Gasteiger partial charge in [0.15, 0.2) is 0 Å². The number of carboxylic acid groups (broad SMARTS) is 1. The quantitative estimate of drug-likeness (QED) is 0.595. The van der Waals surface area contributed by atoms with Crippen molar-refractivity contribution in [2.45, 2.75) is 43.5 Å². The molecule has 0 saturated carbocycles. The Kier molecular flexibility index (Phi) is 7.04. The van der Waals surface area contributed by atoms with Crippen molar-refractivity contribution >= 4 is 38.9 Å². The molecule has 180 valence electrons. The molecular weight excluding hydrogens is 476 g/mol. The highest BCUT2D eigenvalue weighted by Gasteiger charge is 2.38. The maximum Gasteiger partial charge on any atom is 0.337 e. The third-order valence-electron chi connectivity index (χ3n) is 6.30. The van der Waals surface area contributed by atoms with E-state index in [1.807, 2.05) is 6.07 Å². The molecule has 2 fully saturated rings. The van der Waals surface area contributed by atoms with Gasteiger partial charge in [-0.15, -0.1) is 11.3 Å². The molecular formula is C23H26N4O5S2. The van der Waals surface area contributed by atoms with Gasteiger partial charge in [0.05, 0.1) is 32.7 Å². The predicted molar refractivity (Wildman–Crippen MR) is 128 cm³/mol. The van der Waals surface area contributed by atoms with E-state index >= 15 is 0 Å². The molecule has 2 saturated heterocycles. The van der Waals surface area contributed by atoms with E-state index in [-0.39, 0.29) is 32.6 Å². The predicted octanol–water partition coefficient (Wildman–Crippen LogP) is 3.13. The number of hydrogen-bond donors (Lipinski definition) is 2. The number of aryl methyl sites for hydroxylation is 1. The van der Waals surface area contributed by atoms with Crippen molar-refractivity contribution < 1.29 is 23.1 Å². The second-order valence-corrected chi connectivity index (χ2v) is 11.7. The lowest BCUT2D eigenvalue weighted by Gasteiger charge is -2.27. The number of carbonyl (C=O) groups excluding carboxylic acids is 1. The zero-order valence-corrected chi connectivity index (χ0v) is 20.4. The number of nitriles is 1. The summed E-state index contributed by atoms with van der Waals surface area (Å²) in [6.45, 7) is 4.86. The van der Waals surface area contributed by atoms with Crippen LogP contribution in [0.4, 0.5) is 5.69 Å². The Morgan fingerprint density at radius 1 is 1.21 bits per heavy atom. The second-order valence-electron chi connectivity index (χ2n) is 8.58. The summed E-state index contributed by atoms with van der Waals surface area (Å²) < 4.78 is 28.6. The Morgan fingerprint density at radius 3 is 2.62 bits per heavy atom. The minimum Gasteiger partial charge on any atom is -0.478 e. The third-order valence-corrected chi connectivity index (χ3v) is 9.56. The van der Waals surface area contributed by atoms with Gasteiger partial charge >= 0.3 is 5.97 Å². The van der Waals surface area contributed by atoms with Gasteiger partial charge in [-0.25, -0.2) is 13.2 Å². The summed E-state index contributed by atoms with van der Waals surface area (Å²) in [4.78, 5) is 27.5. The lowest BCUT2D eigenvalue weighted by molar-refractivity contribution is 0.0698. The van der Waals surface area contributed by atoms with Crippen LogP contribution in [0.5, 0.6) is 0 Å². The third kappa shape index (κ3) is 4.86. The van der Waals surface area contributed by atoms with Crippen molar-refractivity contribution in [3.05, 3.63) is 45.1 Å². The molecule has 9 nitrogen and oxygen atoms in total. The summed E-state index contributed by atoms with van der Waals surface area (Å²) in [7, 11) is -3.77. The number of nitrogens with one attached hydrogen (secondary N) is 1. The monoisotopic (exact) mass is 502 g/mol. The number of benzene rings is 1. The number of anilines is 1. The van der Waals surface area contributed by atoms with E-state index in [0.29, 0.717) is 11.4 Å². The van der Waals surface area contributed by atoms with Gasteiger partial charge in [-0.05, 0) is 70.0 Å². The molecule has 2 aromatic rings. The van der Waals surface area contributed by atoms with Gasteiger partial charge in [-0.3, -0.25) is 4.79 Å². The van der Waals surface area contributed by atoms with Crippen LogP contribution in [0.25, 0.3) is 0 Å². The number of nitrogens with zero attached hydrogens (tertiary/aromatic N) is 3. The van der Waals surface area contributed by atoms with Crippen LogP contribution in [-0.2, 0) is 10.0 Å². The molecule has 2 aliphatic rings.